The average molecular weight is 536 g/mol. The molecule has 0 spiro atoms. The highest BCUT2D eigenvalue weighted by atomic mass is 32.1. The number of fused-ring (bicyclic) bond motifs is 2. The quantitative estimate of drug-likeness (QED) is 0.331. The van der Waals surface area contributed by atoms with Crippen molar-refractivity contribution in [1.82, 2.24) is 39.2 Å². The van der Waals surface area contributed by atoms with Gasteiger partial charge in [0.2, 0.25) is 0 Å². The zero-order valence-corrected chi connectivity index (χ0v) is 21.7. The summed E-state index contributed by atoms with van der Waals surface area (Å²) in [5.41, 5.74) is 8.18. The Labute approximate surface area is 225 Å². The number of hydrogen-bond acceptors (Lipinski definition) is 8. The van der Waals surface area contributed by atoms with Gasteiger partial charge in [0.05, 0.1) is 34.4 Å². The fraction of sp³-hybridized carbons (Fsp3) is 0.111. The summed E-state index contributed by atoms with van der Waals surface area (Å²) in [6.07, 6.45) is 6.69. The Morgan fingerprint density at radius 2 is 2.00 bits per heavy atom. The Morgan fingerprint density at radius 1 is 1.18 bits per heavy atom. The summed E-state index contributed by atoms with van der Waals surface area (Å²) in [6, 6.07) is 10.2. The highest BCUT2D eigenvalue weighted by Gasteiger charge is 2.25. The van der Waals surface area contributed by atoms with Gasteiger partial charge in [-0.25, -0.2) is 14.5 Å². The molecule has 39 heavy (non-hydrogen) atoms. The van der Waals surface area contributed by atoms with Crippen molar-refractivity contribution in [2.24, 2.45) is 7.05 Å². The van der Waals surface area contributed by atoms with Gasteiger partial charge in [-0.3, -0.25) is 18.8 Å². The van der Waals surface area contributed by atoms with Crippen molar-refractivity contribution >= 4 is 38.9 Å². The molecule has 5 heterocycles. The van der Waals surface area contributed by atoms with Crippen molar-refractivity contribution in [2.45, 2.75) is 13.0 Å². The molecule has 0 saturated carbocycles. The second kappa shape index (κ2) is 9.55. The Balaban J connectivity index is 1.45. The van der Waals surface area contributed by atoms with Crippen LogP contribution >= 0.6 is 11.3 Å². The smallest absolute Gasteiger partial charge is 0.268 e. The third-order valence-electron chi connectivity index (χ3n) is 6.08. The summed E-state index contributed by atoms with van der Waals surface area (Å²) in [7, 11) is 1.82. The molecule has 3 N–H and O–H groups in total. The Hall–Kier alpha value is -5.28. The summed E-state index contributed by atoms with van der Waals surface area (Å²) in [4.78, 5) is 36.9. The molecule has 0 saturated heterocycles. The maximum atomic E-state index is 14.0. The predicted molar refractivity (Wildman–Crippen MR) is 148 cm³/mol. The number of nitrogens with one attached hydrogen (secondary N) is 1. The van der Waals surface area contributed by atoms with E-state index in [1.807, 2.05) is 42.8 Å². The maximum Gasteiger partial charge on any atom is 0.268 e. The highest BCUT2D eigenvalue weighted by Crippen LogP contribution is 2.25. The Bertz CT molecular complexity index is 1990. The number of aromatic nitrogens is 7. The van der Waals surface area contributed by atoms with Gasteiger partial charge in [0.25, 0.3) is 11.5 Å². The van der Waals surface area contributed by atoms with Crippen molar-refractivity contribution in [3.8, 4) is 17.5 Å². The van der Waals surface area contributed by atoms with Crippen LogP contribution in [0.1, 0.15) is 40.3 Å². The molecule has 11 nitrogen and oxygen atoms in total. The molecule has 5 aromatic heterocycles. The minimum Gasteiger partial charge on any atom is -0.381 e. The first kappa shape index (κ1) is 24.1. The molecule has 12 heteroatoms. The topological polar surface area (TPSA) is 138 Å². The number of nitrogens with zero attached hydrogens (tertiary/aromatic N) is 7. The van der Waals surface area contributed by atoms with Gasteiger partial charge in [-0.05, 0) is 25.1 Å². The van der Waals surface area contributed by atoms with E-state index in [1.54, 1.807) is 42.5 Å². The minimum absolute atomic E-state index is 0.0531. The Kier molecular flexibility index (Phi) is 5.90. The first-order valence-electron chi connectivity index (χ1n) is 11.9. The molecule has 0 unspecified atom stereocenters. The number of nitrogens with two attached hydrogens (primary N) is 1. The van der Waals surface area contributed by atoms with Crippen molar-refractivity contribution in [3.05, 3.63) is 99.4 Å². The predicted octanol–water partition coefficient (Wildman–Crippen LogP) is 2.70. The highest BCUT2D eigenvalue weighted by molar-refractivity contribution is 7.17. The largest absolute Gasteiger partial charge is 0.381 e. The van der Waals surface area contributed by atoms with Gasteiger partial charge in [-0.1, -0.05) is 30.0 Å². The molecule has 0 radical (unpaired) electrons. The average Bonchev–Trinajstić information content (AvgIpc) is 3.63. The van der Waals surface area contributed by atoms with Crippen LogP contribution < -0.4 is 16.6 Å². The van der Waals surface area contributed by atoms with E-state index in [-0.39, 0.29) is 16.9 Å². The van der Waals surface area contributed by atoms with Crippen LogP contribution in [0.2, 0.25) is 0 Å². The number of anilines is 1. The van der Waals surface area contributed by atoms with E-state index < -0.39 is 11.9 Å². The van der Waals surface area contributed by atoms with Crippen LogP contribution in [0.25, 0.3) is 21.6 Å². The number of carbonyl (C=O) groups excluding carboxylic acids is 1. The molecular weight excluding hydrogens is 514 g/mol. The summed E-state index contributed by atoms with van der Waals surface area (Å²) < 4.78 is 4.62. The molecule has 192 valence electrons. The number of thiophene rings is 1. The van der Waals surface area contributed by atoms with Gasteiger partial charge >= 0.3 is 0 Å². The molecule has 6 rings (SSSR count). The van der Waals surface area contributed by atoms with Crippen LogP contribution in [0.4, 0.5) is 5.82 Å². The fourth-order valence-electron chi connectivity index (χ4n) is 4.30. The van der Waals surface area contributed by atoms with E-state index in [9.17, 15) is 9.59 Å². The van der Waals surface area contributed by atoms with Gasteiger partial charge in [0.1, 0.15) is 16.2 Å². The lowest BCUT2D eigenvalue weighted by molar-refractivity contribution is 0.0940. The van der Waals surface area contributed by atoms with Crippen molar-refractivity contribution in [3.63, 3.8) is 0 Å². The van der Waals surface area contributed by atoms with E-state index in [1.165, 1.54) is 20.4 Å². The van der Waals surface area contributed by atoms with Gasteiger partial charge in [0, 0.05) is 31.0 Å². The maximum absolute atomic E-state index is 14.0. The SMILES string of the molecule is C[C@H](NC(=O)c1c(N)nn2cccnc12)c1nc2scc(C#Cc3cnn(C)c3)c2c(=O)n1-c1ccccc1. The molecule has 0 fully saturated rings. The summed E-state index contributed by atoms with van der Waals surface area (Å²) in [5.74, 6) is 6.10. The lowest BCUT2D eigenvalue weighted by atomic mass is 10.2. The normalized spacial score (nSPS) is 11.8. The molecule has 6 aromatic rings. The molecule has 1 atom stereocenters. The second-order valence-corrected chi connectivity index (χ2v) is 9.63. The van der Waals surface area contributed by atoms with Crippen LogP contribution in [0.3, 0.4) is 0 Å². The first-order chi connectivity index (χ1) is 18.9. The molecule has 1 aromatic carbocycles. The summed E-state index contributed by atoms with van der Waals surface area (Å²) in [6.45, 7) is 1.76. The number of benzene rings is 1. The number of amides is 1. The summed E-state index contributed by atoms with van der Waals surface area (Å²) in [5, 5.41) is 13.4. The number of nitrogen functional groups attached to an aromatic ring is 1. The zero-order chi connectivity index (χ0) is 27.1. The van der Waals surface area contributed by atoms with Crippen LogP contribution in [0, 0.1) is 11.8 Å². The number of hydrogen-bond donors (Lipinski definition) is 2. The second-order valence-electron chi connectivity index (χ2n) is 8.77. The van der Waals surface area contributed by atoms with E-state index in [2.05, 4.69) is 32.3 Å². The molecule has 0 aliphatic heterocycles. The molecule has 0 aliphatic carbocycles. The van der Waals surface area contributed by atoms with Gasteiger partial charge in [-0.15, -0.1) is 16.4 Å². The number of rotatable bonds is 4. The molecular formula is C27H21N9O2S. The van der Waals surface area contributed by atoms with Crippen LogP contribution in [0.5, 0.6) is 0 Å². The standard InChI is InChI=1S/C27H21N9O2S/c1-16(31-25(37)21-22(28)33-35-12-6-11-29-24(21)35)23-32-26-20(27(38)36(23)19-7-4-3-5-8-19)18(15-39-26)10-9-17-13-30-34(2)14-17/h3-8,11-16H,1-2H3,(H2,28,33)(H,31,37)/t16-/m0/s1. The lowest BCUT2D eigenvalue weighted by Crippen LogP contribution is -2.33. The first-order valence-corrected chi connectivity index (χ1v) is 12.8. The van der Waals surface area contributed by atoms with Gasteiger partial charge < -0.3 is 11.1 Å². The van der Waals surface area contributed by atoms with E-state index in [4.69, 9.17) is 10.7 Å². The monoisotopic (exact) mass is 535 g/mol. The Morgan fingerprint density at radius 3 is 2.77 bits per heavy atom. The molecule has 1 amide bonds. The van der Waals surface area contributed by atoms with Crippen molar-refractivity contribution < 1.29 is 4.79 Å². The lowest BCUT2D eigenvalue weighted by Gasteiger charge is -2.19. The molecule has 0 bridgehead atoms. The van der Waals surface area contributed by atoms with Gasteiger partial charge in [0.15, 0.2) is 11.5 Å². The number of para-hydroxylation sites is 1. The number of carbonyl (C=O) groups is 1. The van der Waals surface area contributed by atoms with Gasteiger partial charge in [-0.2, -0.15) is 5.10 Å². The fourth-order valence-corrected chi connectivity index (χ4v) is 5.16. The third-order valence-corrected chi connectivity index (χ3v) is 6.95. The van der Waals surface area contributed by atoms with Crippen LogP contribution in [0.15, 0.2) is 71.4 Å². The van der Waals surface area contributed by atoms with Crippen LogP contribution in [-0.4, -0.2) is 39.8 Å². The third kappa shape index (κ3) is 4.30. The van der Waals surface area contributed by atoms with Crippen molar-refractivity contribution in [1.29, 1.82) is 0 Å². The van der Waals surface area contributed by atoms with Crippen LogP contribution in [-0.2, 0) is 7.05 Å². The molecule has 0 aliphatic rings. The zero-order valence-electron chi connectivity index (χ0n) is 20.9. The minimum atomic E-state index is -0.667. The van der Waals surface area contributed by atoms with E-state index >= 15 is 0 Å². The summed E-state index contributed by atoms with van der Waals surface area (Å²) >= 11 is 1.32. The number of aryl methyl sites for hydroxylation is 1. The van der Waals surface area contributed by atoms with Crippen molar-refractivity contribution in [2.75, 3.05) is 5.73 Å². The van der Waals surface area contributed by atoms with E-state index in [0.29, 0.717) is 32.9 Å². The van der Waals surface area contributed by atoms with E-state index in [0.717, 1.165) is 5.56 Å².